The predicted molar refractivity (Wildman–Crippen MR) is 95.0 cm³/mol. The lowest BCUT2D eigenvalue weighted by Crippen LogP contribution is -2.13. The van der Waals surface area contributed by atoms with Gasteiger partial charge < -0.3 is 10.6 Å². The van der Waals surface area contributed by atoms with E-state index in [4.69, 9.17) is 0 Å². The lowest BCUT2D eigenvalue weighted by atomic mass is 10.1. The largest absolute Gasteiger partial charge is 0.377 e. The minimum atomic E-state index is -0.117. The minimum Gasteiger partial charge on any atom is -0.377 e. The molecule has 0 aliphatic rings. The summed E-state index contributed by atoms with van der Waals surface area (Å²) in [4.78, 5) is 16.6. The second-order valence-electron chi connectivity index (χ2n) is 5.15. The number of hydrogen-bond acceptors (Lipinski definition) is 4. The molecule has 1 heterocycles. The number of rotatable bonds is 5. The molecule has 1 aromatic heterocycles. The Morgan fingerprint density at radius 1 is 1.09 bits per heavy atom. The molecular formula is C18H17N3OS. The van der Waals surface area contributed by atoms with Gasteiger partial charge >= 0.3 is 0 Å². The zero-order valence-electron chi connectivity index (χ0n) is 12.7. The third-order valence-electron chi connectivity index (χ3n) is 3.40. The van der Waals surface area contributed by atoms with Gasteiger partial charge in [-0.2, -0.15) is 0 Å². The molecule has 23 heavy (non-hydrogen) atoms. The maximum Gasteiger partial charge on any atom is 0.255 e. The fraction of sp³-hybridized carbons (Fsp3) is 0.111. The van der Waals surface area contributed by atoms with E-state index in [1.807, 2.05) is 60.8 Å². The van der Waals surface area contributed by atoms with Crippen molar-refractivity contribution >= 4 is 28.6 Å². The first kappa shape index (κ1) is 15.2. The van der Waals surface area contributed by atoms with Crippen LogP contribution in [0, 0.1) is 6.92 Å². The van der Waals surface area contributed by atoms with Gasteiger partial charge in [0.05, 0.1) is 17.9 Å². The van der Waals surface area contributed by atoms with Crippen LogP contribution in [0.25, 0.3) is 0 Å². The summed E-state index contributed by atoms with van der Waals surface area (Å²) in [5.74, 6) is -0.117. The van der Waals surface area contributed by atoms with Crippen molar-refractivity contribution in [1.29, 1.82) is 0 Å². The first-order valence-corrected chi connectivity index (χ1v) is 8.19. The molecule has 0 aliphatic heterocycles. The van der Waals surface area contributed by atoms with E-state index in [1.165, 1.54) is 0 Å². The van der Waals surface area contributed by atoms with E-state index < -0.39 is 0 Å². The van der Waals surface area contributed by atoms with Gasteiger partial charge in [0.2, 0.25) is 0 Å². The number of amides is 1. The Morgan fingerprint density at radius 3 is 2.52 bits per heavy atom. The molecule has 0 saturated heterocycles. The van der Waals surface area contributed by atoms with Crippen LogP contribution < -0.4 is 10.6 Å². The molecule has 0 aliphatic carbocycles. The Labute approximate surface area is 139 Å². The third kappa shape index (κ3) is 3.96. The van der Waals surface area contributed by atoms with E-state index in [0.717, 1.165) is 21.9 Å². The number of hydrogen-bond donors (Lipinski definition) is 2. The van der Waals surface area contributed by atoms with Crippen LogP contribution in [0.15, 0.2) is 60.1 Å². The molecule has 0 fully saturated rings. The summed E-state index contributed by atoms with van der Waals surface area (Å²) in [6.07, 6.45) is 1.78. The maximum atomic E-state index is 12.4. The molecule has 3 aromatic rings. The molecule has 0 radical (unpaired) electrons. The Morgan fingerprint density at radius 2 is 1.83 bits per heavy atom. The van der Waals surface area contributed by atoms with E-state index in [1.54, 1.807) is 17.5 Å². The average Bonchev–Trinajstić information content (AvgIpc) is 3.08. The van der Waals surface area contributed by atoms with Gasteiger partial charge in [-0.15, -0.1) is 11.3 Å². The fourth-order valence-electron chi connectivity index (χ4n) is 2.16. The van der Waals surface area contributed by atoms with E-state index >= 15 is 0 Å². The Kier molecular flexibility index (Phi) is 4.68. The highest BCUT2D eigenvalue weighted by atomic mass is 32.1. The highest BCUT2D eigenvalue weighted by Gasteiger charge is 2.09. The van der Waals surface area contributed by atoms with E-state index in [2.05, 4.69) is 15.6 Å². The Hall–Kier alpha value is -2.66. The summed E-state index contributed by atoms with van der Waals surface area (Å²) >= 11 is 1.60. The van der Waals surface area contributed by atoms with Crippen molar-refractivity contribution in [2.75, 3.05) is 10.6 Å². The highest BCUT2D eigenvalue weighted by molar-refractivity contribution is 7.09. The predicted octanol–water partition coefficient (Wildman–Crippen LogP) is 4.32. The van der Waals surface area contributed by atoms with Gasteiger partial charge in [0.1, 0.15) is 5.01 Å². The molecule has 2 aromatic carbocycles. The van der Waals surface area contributed by atoms with Gasteiger partial charge in [0, 0.05) is 17.1 Å². The number of aromatic nitrogens is 1. The van der Waals surface area contributed by atoms with Crippen LogP contribution in [-0.2, 0) is 6.54 Å². The Bertz CT molecular complexity index is 782. The van der Waals surface area contributed by atoms with Crippen LogP contribution in [0.3, 0.4) is 0 Å². The molecule has 1 amide bonds. The summed E-state index contributed by atoms with van der Waals surface area (Å²) < 4.78 is 0. The molecule has 0 unspecified atom stereocenters. The summed E-state index contributed by atoms with van der Waals surface area (Å²) in [6, 6.07) is 15.2. The van der Waals surface area contributed by atoms with Gasteiger partial charge in [0.25, 0.3) is 5.91 Å². The van der Waals surface area contributed by atoms with Crippen molar-refractivity contribution in [2.45, 2.75) is 13.5 Å². The average molecular weight is 323 g/mol. The lowest BCUT2D eigenvalue weighted by Gasteiger charge is -2.12. The van der Waals surface area contributed by atoms with Crippen LogP contribution in [0.1, 0.15) is 20.9 Å². The van der Waals surface area contributed by atoms with Crippen LogP contribution >= 0.6 is 11.3 Å². The van der Waals surface area contributed by atoms with Crippen LogP contribution in [0.4, 0.5) is 11.4 Å². The van der Waals surface area contributed by atoms with Crippen molar-refractivity contribution in [3.05, 3.63) is 76.2 Å². The van der Waals surface area contributed by atoms with Crippen molar-refractivity contribution in [3.63, 3.8) is 0 Å². The second-order valence-corrected chi connectivity index (χ2v) is 6.12. The maximum absolute atomic E-state index is 12.4. The minimum absolute atomic E-state index is 0.117. The van der Waals surface area contributed by atoms with Crippen LogP contribution in [0.2, 0.25) is 0 Å². The quantitative estimate of drug-likeness (QED) is 0.735. The molecule has 0 atom stereocenters. The SMILES string of the molecule is Cc1ccc(C(=O)Nc2ccccc2NCc2nccs2)cc1. The summed E-state index contributed by atoms with van der Waals surface area (Å²) in [5, 5.41) is 9.22. The molecule has 0 spiro atoms. The first-order valence-electron chi connectivity index (χ1n) is 7.31. The molecule has 4 nitrogen and oxygen atoms in total. The third-order valence-corrected chi connectivity index (χ3v) is 4.18. The van der Waals surface area contributed by atoms with Crippen molar-refractivity contribution in [2.24, 2.45) is 0 Å². The number of carbonyl (C=O) groups is 1. The first-order chi connectivity index (χ1) is 11.2. The number of aryl methyl sites for hydroxylation is 1. The number of carbonyl (C=O) groups excluding carboxylic acids is 1. The lowest BCUT2D eigenvalue weighted by molar-refractivity contribution is 0.102. The van der Waals surface area contributed by atoms with Crippen LogP contribution in [-0.4, -0.2) is 10.9 Å². The number of para-hydroxylation sites is 2. The monoisotopic (exact) mass is 323 g/mol. The van der Waals surface area contributed by atoms with Gasteiger partial charge in [0.15, 0.2) is 0 Å². The number of nitrogens with one attached hydrogen (secondary N) is 2. The van der Waals surface area contributed by atoms with E-state index in [0.29, 0.717) is 12.1 Å². The zero-order valence-corrected chi connectivity index (χ0v) is 13.6. The van der Waals surface area contributed by atoms with Gasteiger partial charge in [-0.1, -0.05) is 29.8 Å². The number of benzene rings is 2. The molecule has 5 heteroatoms. The zero-order chi connectivity index (χ0) is 16.1. The Balaban J connectivity index is 1.72. The van der Waals surface area contributed by atoms with Crippen molar-refractivity contribution < 1.29 is 4.79 Å². The topological polar surface area (TPSA) is 54.0 Å². The van der Waals surface area contributed by atoms with Gasteiger partial charge in [-0.3, -0.25) is 4.79 Å². The summed E-state index contributed by atoms with van der Waals surface area (Å²) in [6.45, 7) is 2.63. The smallest absolute Gasteiger partial charge is 0.255 e. The fourth-order valence-corrected chi connectivity index (χ4v) is 2.71. The van der Waals surface area contributed by atoms with E-state index in [-0.39, 0.29) is 5.91 Å². The highest BCUT2D eigenvalue weighted by Crippen LogP contribution is 2.22. The van der Waals surface area contributed by atoms with Crippen molar-refractivity contribution in [1.82, 2.24) is 4.98 Å². The molecule has 0 saturated carbocycles. The summed E-state index contributed by atoms with van der Waals surface area (Å²) in [5.41, 5.74) is 3.41. The normalized spacial score (nSPS) is 10.3. The molecular weight excluding hydrogens is 306 g/mol. The van der Waals surface area contributed by atoms with Gasteiger partial charge in [-0.05, 0) is 31.2 Å². The molecule has 3 rings (SSSR count). The second kappa shape index (κ2) is 7.07. The molecule has 116 valence electrons. The number of anilines is 2. The standard InChI is InChI=1S/C18H17N3OS/c1-13-6-8-14(9-7-13)18(22)21-16-5-3-2-4-15(16)20-12-17-19-10-11-23-17/h2-11,20H,12H2,1H3,(H,21,22). The number of nitrogens with zero attached hydrogens (tertiary/aromatic N) is 1. The summed E-state index contributed by atoms with van der Waals surface area (Å²) in [7, 11) is 0. The van der Waals surface area contributed by atoms with E-state index in [9.17, 15) is 4.79 Å². The molecule has 2 N–H and O–H groups in total. The van der Waals surface area contributed by atoms with Crippen molar-refractivity contribution in [3.8, 4) is 0 Å². The van der Waals surface area contributed by atoms with Crippen LogP contribution in [0.5, 0.6) is 0 Å². The van der Waals surface area contributed by atoms with Gasteiger partial charge in [-0.25, -0.2) is 4.98 Å². The molecule has 0 bridgehead atoms. The number of thiazole rings is 1.